The van der Waals surface area contributed by atoms with Gasteiger partial charge < -0.3 is 10.6 Å². The van der Waals surface area contributed by atoms with Crippen molar-refractivity contribution in [2.45, 2.75) is 37.8 Å². The molecule has 2 atom stereocenters. The molecule has 0 aromatic rings. The summed E-state index contributed by atoms with van der Waals surface area (Å²) in [5.41, 5.74) is 0. The van der Waals surface area contributed by atoms with Gasteiger partial charge in [0.05, 0.1) is 0 Å². The standard InChI is InChI=1S/C10H20N2S2.2ClH/c1-3-9(11-5-1)7-13-14-8-10-4-2-6-12-10;;/h9-12H,1-8H2;2*1H/t9-,10-;;/m0../s1. The third kappa shape index (κ3) is 6.22. The van der Waals surface area contributed by atoms with Crippen LogP contribution < -0.4 is 10.6 Å². The van der Waals surface area contributed by atoms with E-state index in [4.69, 9.17) is 0 Å². The molecule has 16 heavy (non-hydrogen) atoms. The zero-order valence-electron chi connectivity index (χ0n) is 9.44. The fraction of sp³-hybridized carbons (Fsp3) is 1.00. The van der Waals surface area contributed by atoms with E-state index in [1.54, 1.807) is 0 Å². The number of hydrogen-bond donors (Lipinski definition) is 2. The second-order valence-corrected chi connectivity index (χ2v) is 6.71. The van der Waals surface area contributed by atoms with Crippen LogP contribution in [-0.4, -0.2) is 36.7 Å². The van der Waals surface area contributed by atoms with E-state index in [1.165, 1.54) is 50.3 Å². The molecule has 0 saturated carbocycles. The SMILES string of the molecule is C1CN[C@H](CSSC[C@@H]2CCCN2)C1.Cl.Cl. The Morgan fingerprint density at radius 2 is 1.25 bits per heavy atom. The van der Waals surface area contributed by atoms with Crippen LogP contribution >= 0.6 is 46.4 Å². The molecule has 0 aliphatic carbocycles. The molecule has 2 saturated heterocycles. The maximum absolute atomic E-state index is 3.54. The molecule has 2 aliphatic rings. The highest BCUT2D eigenvalue weighted by molar-refractivity contribution is 8.76. The summed E-state index contributed by atoms with van der Waals surface area (Å²) in [7, 11) is 4.10. The first-order valence-corrected chi connectivity index (χ1v) is 8.15. The molecule has 2 nitrogen and oxygen atoms in total. The van der Waals surface area contributed by atoms with Crippen molar-refractivity contribution in [1.29, 1.82) is 0 Å². The van der Waals surface area contributed by atoms with E-state index in [2.05, 4.69) is 32.2 Å². The normalized spacial score (nSPS) is 28.5. The monoisotopic (exact) mass is 304 g/mol. The fourth-order valence-electron chi connectivity index (χ4n) is 2.06. The van der Waals surface area contributed by atoms with E-state index in [9.17, 15) is 0 Å². The molecule has 2 fully saturated rings. The lowest BCUT2D eigenvalue weighted by Gasteiger charge is -2.11. The van der Waals surface area contributed by atoms with Gasteiger partial charge in [-0.2, -0.15) is 0 Å². The minimum absolute atomic E-state index is 0. The second kappa shape index (κ2) is 10.2. The van der Waals surface area contributed by atoms with Crippen LogP contribution in [0.3, 0.4) is 0 Å². The Labute approximate surface area is 119 Å². The Kier molecular flexibility index (Phi) is 10.9. The lowest BCUT2D eigenvalue weighted by atomic mass is 10.3. The van der Waals surface area contributed by atoms with E-state index >= 15 is 0 Å². The maximum Gasteiger partial charge on any atom is 0.0191 e. The van der Waals surface area contributed by atoms with Crippen molar-refractivity contribution >= 4 is 46.4 Å². The summed E-state index contributed by atoms with van der Waals surface area (Å²) in [6.45, 7) is 2.47. The van der Waals surface area contributed by atoms with Crippen LogP contribution in [0.15, 0.2) is 0 Å². The molecule has 0 radical (unpaired) electrons. The number of rotatable bonds is 5. The zero-order valence-corrected chi connectivity index (χ0v) is 12.7. The van der Waals surface area contributed by atoms with Crippen molar-refractivity contribution in [1.82, 2.24) is 10.6 Å². The summed E-state index contributed by atoms with van der Waals surface area (Å²) in [5.74, 6) is 2.58. The Morgan fingerprint density at radius 3 is 1.56 bits per heavy atom. The minimum Gasteiger partial charge on any atom is -0.313 e. The average Bonchev–Trinajstić information content (AvgIpc) is 2.86. The van der Waals surface area contributed by atoms with Gasteiger partial charge in [-0.1, -0.05) is 21.6 Å². The van der Waals surface area contributed by atoms with Crippen molar-refractivity contribution < 1.29 is 0 Å². The molecule has 2 heterocycles. The lowest BCUT2D eigenvalue weighted by Crippen LogP contribution is -2.24. The summed E-state index contributed by atoms with van der Waals surface area (Å²) in [4.78, 5) is 0. The number of nitrogens with one attached hydrogen (secondary N) is 2. The molecule has 98 valence electrons. The van der Waals surface area contributed by atoms with Gasteiger partial charge in [0.1, 0.15) is 0 Å². The van der Waals surface area contributed by atoms with Gasteiger partial charge in [0.15, 0.2) is 0 Å². The average molecular weight is 305 g/mol. The van der Waals surface area contributed by atoms with Gasteiger partial charge in [0.25, 0.3) is 0 Å². The number of halogens is 2. The van der Waals surface area contributed by atoms with Crippen LogP contribution in [0.5, 0.6) is 0 Å². The van der Waals surface area contributed by atoms with Gasteiger partial charge in [-0.05, 0) is 38.8 Å². The molecule has 2 N–H and O–H groups in total. The topological polar surface area (TPSA) is 24.1 Å². The molecule has 0 aromatic heterocycles. The van der Waals surface area contributed by atoms with E-state index < -0.39 is 0 Å². The molecule has 2 rings (SSSR count). The zero-order chi connectivity index (χ0) is 9.64. The van der Waals surface area contributed by atoms with Crippen molar-refractivity contribution in [2.24, 2.45) is 0 Å². The lowest BCUT2D eigenvalue weighted by molar-refractivity contribution is 0.673. The van der Waals surface area contributed by atoms with Crippen LogP contribution in [0.25, 0.3) is 0 Å². The maximum atomic E-state index is 3.54. The second-order valence-electron chi connectivity index (χ2n) is 4.16. The predicted octanol–water partition coefficient (Wildman–Crippen LogP) is 2.72. The molecule has 0 bridgehead atoms. The summed E-state index contributed by atoms with van der Waals surface area (Å²) >= 11 is 0. The van der Waals surface area contributed by atoms with Gasteiger partial charge in [-0.15, -0.1) is 24.8 Å². The molecular formula is C10H22Cl2N2S2. The van der Waals surface area contributed by atoms with Gasteiger partial charge in [-0.3, -0.25) is 0 Å². The van der Waals surface area contributed by atoms with E-state index in [0.29, 0.717) is 0 Å². The van der Waals surface area contributed by atoms with Gasteiger partial charge in [0, 0.05) is 23.6 Å². The smallest absolute Gasteiger partial charge is 0.0191 e. The third-order valence-corrected chi connectivity index (χ3v) is 5.51. The molecule has 6 heteroatoms. The van der Waals surface area contributed by atoms with Crippen molar-refractivity contribution in [3.05, 3.63) is 0 Å². The van der Waals surface area contributed by atoms with Crippen LogP contribution in [0, 0.1) is 0 Å². The molecule has 0 aromatic carbocycles. The van der Waals surface area contributed by atoms with Crippen LogP contribution in [0.4, 0.5) is 0 Å². The Hall–Kier alpha value is 1.20. The Morgan fingerprint density at radius 1 is 0.812 bits per heavy atom. The van der Waals surface area contributed by atoms with Crippen LogP contribution in [0.1, 0.15) is 25.7 Å². The highest BCUT2D eigenvalue weighted by Crippen LogP contribution is 2.26. The highest BCUT2D eigenvalue weighted by Gasteiger charge is 2.16. The highest BCUT2D eigenvalue weighted by atomic mass is 35.5. The number of hydrogen-bond acceptors (Lipinski definition) is 4. The van der Waals surface area contributed by atoms with Gasteiger partial charge in [0.2, 0.25) is 0 Å². The van der Waals surface area contributed by atoms with Crippen molar-refractivity contribution in [3.8, 4) is 0 Å². The summed E-state index contributed by atoms with van der Waals surface area (Å²) < 4.78 is 0. The van der Waals surface area contributed by atoms with Gasteiger partial charge in [-0.25, -0.2) is 0 Å². The Balaban J connectivity index is 0.00000112. The molecular weight excluding hydrogens is 283 g/mol. The first-order chi connectivity index (χ1) is 6.95. The molecule has 0 unspecified atom stereocenters. The minimum atomic E-state index is 0. The van der Waals surface area contributed by atoms with Crippen molar-refractivity contribution in [2.75, 3.05) is 24.6 Å². The Bertz CT molecular complexity index is 145. The molecule has 0 spiro atoms. The van der Waals surface area contributed by atoms with Gasteiger partial charge >= 0.3 is 0 Å². The predicted molar refractivity (Wildman–Crippen MR) is 81.5 cm³/mol. The molecule has 0 amide bonds. The van der Waals surface area contributed by atoms with E-state index in [-0.39, 0.29) is 24.8 Å². The summed E-state index contributed by atoms with van der Waals surface area (Å²) in [5, 5.41) is 7.07. The third-order valence-electron chi connectivity index (χ3n) is 2.95. The van der Waals surface area contributed by atoms with Crippen LogP contribution in [-0.2, 0) is 0 Å². The fourth-order valence-corrected chi connectivity index (χ4v) is 4.71. The van der Waals surface area contributed by atoms with Crippen LogP contribution in [0.2, 0.25) is 0 Å². The largest absolute Gasteiger partial charge is 0.313 e. The van der Waals surface area contributed by atoms with Crippen molar-refractivity contribution in [3.63, 3.8) is 0 Å². The summed E-state index contributed by atoms with van der Waals surface area (Å²) in [6, 6.07) is 1.59. The quantitative estimate of drug-likeness (QED) is 0.602. The first kappa shape index (κ1) is 17.2. The summed E-state index contributed by atoms with van der Waals surface area (Å²) in [6.07, 6.45) is 5.52. The van der Waals surface area contributed by atoms with E-state index in [1.807, 2.05) is 0 Å². The first-order valence-electron chi connectivity index (χ1n) is 5.66. The molecule has 2 aliphatic heterocycles. The van der Waals surface area contributed by atoms with E-state index in [0.717, 1.165) is 12.1 Å².